The van der Waals surface area contributed by atoms with E-state index in [1.807, 2.05) is 27.7 Å². The number of allylic oxidation sites excluding steroid dienone is 1. The van der Waals surface area contributed by atoms with Gasteiger partial charge in [0.15, 0.2) is 0 Å². The summed E-state index contributed by atoms with van der Waals surface area (Å²) in [7, 11) is 0. The van der Waals surface area contributed by atoms with E-state index in [9.17, 15) is 9.59 Å². The van der Waals surface area contributed by atoms with E-state index in [1.54, 1.807) is 23.4 Å². The van der Waals surface area contributed by atoms with Crippen molar-refractivity contribution >= 4 is 23.0 Å². The molecule has 0 aromatic carbocycles. The number of ether oxygens (including phenoxy) is 1. The number of aromatic amines is 1. The summed E-state index contributed by atoms with van der Waals surface area (Å²) in [6.07, 6.45) is 5.81. The van der Waals surface area contributed by atoms with E-state index < -0.39 is 5.60 Å². The second-order valence-electron chi connectivity index (χ2n) is 8.14. The van der Waals surface area contributed by atoms with Crippen LogP contribution >= 0.6 is 0 Å². The van der Waals surface area contributed by atoms with Crippen molar-refractivity contribution < 1.29 is 9.53 Å². The monoisotopic (exact) mass is 400 g/mol. The molecule has 0 atom stereocenters. The highest BCUT2D eigenvalue weighted by molar-refractivity contribution is 6.22. The predicted octanol–water partition coefficient (Wildman–Crippen LogP) is 2.18. The number of nitrogens with two attached hydrogens (primary N) is 1. The van der Waals surface area contributed by atoms with Crippen molar-refractivity contribution in [3.05, 3.63) is 40.8 Å². The Morgan fingerprint density at radius 3 is 2.69 bits per heavy atom. The molecule has 1 saturated heterocycles. The largest absolute Gasteiger partial charge is 0.444 e. The van der Waals surface area contributed by atoms with Gasteiger partial charge in [-0.2, -0.15) is 0 Å². The number of hydrogen-bond donors (Lipinski definition) is 2. The number of rotatable bonds is 3. The summed E-state index contributed by atoms with van der Waals surface area (Å²) in [6, 6.07) is 1.84. The van der Waals surface area contributed by atoms with Gasteiger partial charge in [0.05, 0.1) is 11.7 Å². The lowest BCUT2D eigenvalue weighted by Crippen LogP contribution is -2.42. The normalized spacial score (nSPS) is 17.0. The zero-order valence-electron chi connectivity index (χ0n) is 17.3. The van der Waals surface area contributed by atoms with Gasteiger partial charge in [-0.25, -0.2) is 14.6 Å². The van der Waals surface area contributed by atoms with Crippen LogP contribution in [-0.2, 0) is 4.74 Å². The van der Waals surface area contributed by atoms with E-state index in [4.69, 9.17) is 15.5 Å². The van der Waals surface area contributed by atoms with Crippen LogP contribution in [0.15, 0.2) is 34.4 Å². The number of piperidine rings is 1. The van der Waals surface area contributed by atoms with E-state index in [0.717, 1.165) is 18.6 Å². The van der Waals surface area contributed by atoms with E-state index in [1.165, 1.54) is 10.6 Å². The molecule has 0 radical (unpaired) electrons. The molecule has 9 nitrogen and oxygen atoms in total. The van der Waals surface area contributed by atoms with Crippen LogP contribution in [0, 0.1) is 0 Å². The average molecular weight is 400 g/mol. The highest BCUT2D eigenvalue weighted by Gasteiger charge is 2.27. The minimum Gasteiger partial charge on any atom is -0.444 e. The fourth-order valence-corrected chi connectivity index (χ4v) is 3.33. The van der Waals surface area contributed by atoms with Crippen molar-refractivity contribution in [2.24, 2.45) is 10.7 Å². The first-order valence-electron chi connectivity index (χ1n) is 9.69. The Morgan fingerprint density at radius 2 is 2.07 bits per heavy atom. The Labute approximate surface area is 169 Å². The molecule has 3 N–H and O–H groups in total. The maximum Gasteiger partial charge on any atom is 0.410 e. The number of H-pyrrole nitrogens is 1. The van der Waals surface area contributed by atoms with Crippen LogP contribution in [0.3, 0.4) is 0 Å². The molecule has 0 saturated carbocycles. The van der Waals surface area contributed by atoms with Gasteiger partial charge in [0.1, 0.15) is 11.2 Å². The van der Waals surface area contributed by atoms with Crippen LogP contribution in [0.25, 0.3) is 11.2 Å². The molecule has 0 unspecified atom stereocenters. The van der Waals surface area contributed by atoms with Crippen molar-refractivity contribution in [2.75, 3.05) is 13.1 Å². The molecule has 29 heavy (non-hydrogen) atoms. The van der Waals surface area contributed by atoms with Crippen molar-refractivity contribution in [3.63, 3.8) is 0 Å². The van der Waals surface area contributed by atoms with Crippen molar-refractivity contribution in [1.29, 1.82) is 0 Å². The van der Waals surface area contributed by atoms with E-state index in [0.29, 0.717) is 30.0 Å². The molecule has 156 valence electrons. The van der Waals surface area contributed by atoms with Crippen LogP contribution in [0.4, 0.5) is 4.79 Å². The molecule has 1 aliphatic rings. The molecule has 0 spiro atoms. The van der Waals surface area contributed by atoms with Crippen molar-refractivity contribution in [1.82, 2.24) is 19.3 Å². The average Bonchev–Trinajstić information content (AvgIpc) is 3.11. The number of carbonyl (C=O) groups excluding carboxylic acids is 1. The zero-order valence-corrected chi connectivity index (χ0v) is 17.3. The van der Waals surface area contributed by atoms with E-state index in [-0.39, 0.29) is 17.8 Å². The summed E-state index contributed by atoms with van der Waals surface area (Å²) < 4.78 is 6.86. The molecule has 1 aliphatic heterocycles. The van der Waals surface area contributed by atoms with Gasteiger partial charge in [-0.1, -0.05) is 0 Å². The molecular formula is C20H28N6O3. The Morgan fingerprint density at radius 1 is 1.38 bits per heavy atom. The lowest BCUT2D eigenvalue weighted by molar-refractivity contribution is 0.0207. The third-order valence-electron chi connectivity index (χ3n) is 4.74. The lowest BCUT2D eigenvalue weighted by Gasteiger charge is -2.32. The highest BCUT2D eigenvalue weighted by atomic mass is 16.6. The number of imidazole rings is 1. The summed E-state index contributed by atoms with van der Waals surface area (Å²) >= 11 is 0. The van der Waals surface area contributed by atoms with Crippen LogP contribution in [0.1, 0.15) is 46.2 Å². The van der Waals surface area contributed by atoms with Gasteiger partial charge in [-0.15, -0.1) is 0 Å². The molecule has 1 amide bonds. The summed E-state index contributed by atoms with van der Waals surface area (Å²) in [5.41, 5.74) is 7.55. The fraction of sp³-hybridized carbons (Fsp3) is 0.500. The molecule has 0 bridgehead atoms. The predicted molar refractivity (Wildman–Crippen MR) is 112 cm³/mol. The number of nitrogens with zero attached hydrogens (tertiary/aromatic N) is 4. The lowest BCUT2D eigenvalue weighted by atomic mass is 10.0. The summed E-state index contributed by atoms with van der Waals surface area (Å²) in [6.45, 7) is 8.63. The number of aromatic nitrogens is 3. The Kier molecular flexibility index (Phi) is 5.76. The molecule has 3 heterocycles. The van der Waals surface area contributed by atoms with Crippen molar-refractivity contribution in [3.8, 4) is 0 Å². The standard InChI is InChI=1S/C20H28N6O3/c1-13(15(12-21)16-11-17-22-7-10-26(17)18(27)24-16)23-14-5-8-25(9-6-14)19(28)29-20(2,3)4/h7,10-12,14H,5-6,8-9,21H2,1-4H3,(H,24,27)/b15-12+,23-13?. The van der Waals surface area contributed by atoms with E-state index >= 15 is 0 Å². The van der Waals surface area contributed by atoms with Gasteiger partial charge in [0, 0.05) is 49.0 Å². The second kappa shape index (κ2) is 8.10. The fourth-order valence-electron chi connectivity index (χ4n) is 3.33. The SMILES string of the molecule is CC(=NC1CCN(C(=O)OC(C)(C)C)CC1)/C(=C\N)c1cc2nccn2c(=O)[nH]1. The number of carbonyl (C=O) groups is 1. The van der Waals surface area contributed by atoms with E-state index in [2.05, 4.69) is 9.97 Å². The number of fused-ring (bicyclic) bond motifs is 1. The zero-order chi connectivity index (χ0) is 21.2. The minimum absolute atomic E-state index is 0.0746. The van der Waals surface area contributed by atoms with Crippen LogP contribution in [0.2, 0.25) is 0 Å². The molecule has 2 aromatic rings. The van der Waals surface area contributed by atoms with Crippen LogP contribution < -0.4 is 11.4 Å². The first-order valence-corrected chi connectivity index (χ1v) is 9.69. The molecule has 1 fully saturated rings. The quantitative estimate of drug-likeness (QED) is 0.766. The number of likely N-dealkylation sites (tertiary alicyclic amines) is 1. The maximum atomic E-state index is 12.2. The summed E-state index contributed by atoms with van der Waals surface area (Å²) in [4.78, 5) is 37.9. The van der Waals surface area contributed by atoms with Gasteiger partial charge in [-0.05, 0) is 40.5 Å². The topological polar surface area (TPSA) is 118 Å². The highest BCUT2D eigenvalue weighted by Crippen LogP contribution is 2.20. The first kappa shape index (κ1) is 20.6. The third kappa shape index (κ3) is 4.85. The van der Waals surface area contributed by atoms with Gasteiger partial charge in [-0.3, -0.25) is 9.39 Å². The number of amides is 1. The third-order valence-corrected chi connectivity index (χ3v) is 4.74. The van der Waals surface area contributed by atoms with Crippen LogP contribution in [-0.4, -0.2) is 55.8 Å². The van der Waals surface area contributed by atoms with Crippen LogP contribution in [0.5, 0.6) is 0 Å². The van der Waals surface area contributed by atoms with Crippen molar-refractivity contribution in [2.45, 2.75) is 52.2 Å². The summed E-state index contributed by atoms with van der Waals surface area (Å²) in [5, 5.41) is 0. The Hall–Kier alpha value is -3.10. The molecule has 3 rings (SSSR count). The Balaban J connectivity index is 1.70. The number of hydrogen-bond acceptors (Lipinski definition) is 6. The first-order chi connectivity index (χ1) is 13.7. The minimum atomic E-state index is -0.504. The maximum absolute atomic E-state index is 12.2. The van der Waals surface area contributed by atoms with Gasteiger partial charge >= 0.3 is 11.8 Å². The summed E-state index contributed by atoms with van der Waals surface area (Å²) in [5.74, 6) is 0. The van der Waals surface area contributed by atoms with Gasteiger partial charge in [0.25, 0.3) is 0 Å². The van der Waals surface area contributed by atoms with Gasteiger partial charge < -0.3 is 20.4 Å². The molecule has 2 aromatic heterocycles. The Bertz CT molecular complexity index is 1000. The molecule has 0 aliphatic carbocycles. The van der Waals surface area contributed by atoms with Gasteiger partial charge in [0.2, 0.25) is 0 Å². The number of nitrogens with one attached hydrogen (secondary N) is 1. The molecular weight excluding hydrogens is 372 g/mol. The number of aliphatic imine (C=N–C) groups is 1. The smallest absolute Gasteiger partial charge is 0.410 e. The molecule has 9 heteroatoms. The second-order valence-corrected chi connectivity index (χ2v) is 8.14.